The number of fused-ring (bicyclic) bond motifs is 1. The maximum absolute atomic E-state index is 13.1. The molecule has 1 atom stereocenters. The van der Waals surface area contributed by atoms with Crippen molar-refractivity contribution in [3.8, 4) is 0 Å². The summed E-state index contributed by atoms with van der Waals surface area (Å²) in [6, 6.07) is 13.8. The van der Waals surface area contributed by atoms with E-state index in [1.807, 2.05) is 30.3 Å². The largest absolute Gasteiger partial charge is 0.372 e. The van der Waals surface area contributed by atoms with E-state index in [0.717, 1.165) is 11.3 Å². The summed E-state index contributed by atoms with van der Waals surface area (Å²) in [6.45, 7) is 0. The monoisotopic (exact) mass is 256 g/mol. The molecule has 0 aromatic heterocycles. The number of rotatable bonds is 2. The van der Waals surface area contributed by atoms with Crippen molar-refractivity contribution in [2.75, 3.05) is 10.6 Å². The SMILES string of the molecule is O=C1Nc2cc(F)ccc2NC1Cc1ccccc1. The number of carbonyl (C=O) groups excluding carboxylic acids is 1. The molecule has 1 unspecified atom stereocenters. The van der Waals surface area contributed by atoms with Gasteiger partial charge in [0, 0.05) is 6.42 Å². The smallest absolute Gasteiger partial charge is 0.247 e. The molecule has 2 N–H and O–H groups in total. The predicted molar refractivity (Wildman–Crippen MR) is 72.6 cm³/mol. The number of nitrogens with one attached hydrogen (secondary N) is 2. The first-order chi connectivity index (χ1) is 9.22. The summed E-state index contributed by atoms with van der Waals surface area (Å²) in [5.41, 5.74) is 2.33. The molecular weight excluding hydrogens is 243 g/mol. The van der Waals surface area contributed by atoms with Crippen LogP contribution in [0.1, 0.15) is 5.56 Å². The summed E-state index contributed by atoms with van der Waals surface area (Å²) in [6.07, 6.45) is 0.601. The van der Waals surface area contributed by atoms with Crippen molar-refractivity contribution < 1.29 is 9.18 Å². The van der Waals surface area contributed by atoms with Crippen molar-refractivity contribution in [3.05, 3.63) is 59.9 Å². The maximum Gasteiger partial charge on any atom is 0.247 e. The zero-order chi connectivity index (χ0) is 13.2. The van der Waals surface area contributed by atoms with Crippen LogP contribution in [0.15, 0.2) is 48.5 Å². The average Bonchev–Trinajstić information content (AvgIpc) is 2.41. The topological polar surface area (TPSA) is 41.1 Å². The molecule has 4 heteroatoms. The second-order valence-electron chi connectivity index (χ2n) is 4.57. The van der Waals surface area contributed by atoms with E-state index >= 15 is 0 Å². The highest BCUT2D eigenvalue weighted by Crippen LogP contribution is 2.28. The van der Waals surface area contributed by atoms with E-state index < -0.39 is 0 Å². The van der Waals surface area contributed by atoms with Crippen LogP contribution in [0.5, 0.6) is 0 Å². The Labute approximate surface area is 110 Å². The number of anilines is 2. The van der Waals surface area contributed by atoms with Gasteiger partial charge in [-0.15, -0.1) is 0 Å². The van der Waals surface area contributed by atoms with Gasteiger partial charge in [-0.25, -0.2) is 4.39 Å². The third-order valence-corrected chi connectivity index (χ3v) is 3.17. The van der Waals surface area contributed by atoms with Gasteiger partial charge < -0.3 is 10.6 Å². The molecule has 0 saturated carbocycles. The molecule has 3 rings (SSSR count). The van der Waals surface area contributed by atoms with Crippen LogP contribution < -0.4 is 10.6 Å². The number of amides is 1. The van der Waals surface area contributed by atoms with Crippen LogP contribution in [-0.2, 0) is 11.2 Å². The second-order valence-corrected chi connectivity index (χ2v) is 4.57. The number of benzene rings is 2. The highest BCUT2D eigenvalue weighted by Gasteiger charge is 2.25. The third kappa shape index (κ3) is 2.42. The lowest BCUT2D eigenvalue weighted by atomic mass is 10.0. The Kier molecular flexibility index (Phi) is 2.91. The van der Waals surface area contributed by atoms with Gasteiger partial charge in [0.25, 0.3) is 0 Å². The molecular formula is C15H13FN2O. The van der Waals surface area contributed by atoms with E-state index in [4.69, 9.17) is 0 Å². The summed E-state index contributed by atoms with van der Waals surface area (Å²) >= 11 is 0. The van der Waals surface area contributed by atoms with Gasteiger partial charge in [0.2, 0.25) is 5.91 Å². The molecule has 0 fully saturated rings. The van der Waals surface area contributed by atoms with Crippen molar-refractivity contribution in [3.63, 3.8) is 0 Å². The van der Waals surface area contributed by atoms with Gasteiger partial charge in [-0.05, 0) is 23.8 Å². The van der Waals surface area contributed by atoms with Crippen LogP contribution in [0.25, 0.3) is 0 Å². The molecule has 0 bridgehead atoms. The van der Waals surface area contributed by atoms with Gasteiger partial charge in [0.15, 0.2) is 0 Å². The van der Waals surface area contributed by atoms with Crippen LogP contribution in [0.3, 0.4) is 0 Å². The Morgan fingerprint density at radius 3 is 2.63 bits per heavy atom. The first-order valence-electron chi connectivity index (χ1n) is 6.13. The normalized spacial score (nSPS) is 17.3. The second kappa shape index (κ2) is 4.72. The molecule has 96 valence electrons. The first-order valence-corrected chi connectivity index (χ1v) is 6.13. The van der Waals surface area contributed by atoms with Gasteiger partial charge in [0.1, 0.15) is 11.9 Å². The van der Waals surface area contributed by atoms with Crippen LogP contribution in [0.4, 0.5) is 15.8 Å². The van der Waals surface area contributed by atoms with Crippen molar-refractivity contribution in [2.24, 2.45) is 0 Å². The highest BCUT2D eigenvalue weighted by molar-refractivity contribution is 6.03. The fourth-order valence-corrected chi connectivity index (χ4v) is 2.21. The van der Waals surface area contributed by atoms with Gasteiger partial charge in [-0.3, -0.25) is 4.79 Å². The first kappa shape index (κ1) is 11.7. The molecule has 1 aliphatic heterocycles. The van der Waals surface area contributed by atoms with E-state index in [1.165, 1.54) is 12.1 Å². The lowest BCUT2D eigenvalue weighted by Gasteiger charge is -2.26. The quantitative estimate of drug-likeness (QED) is 0.867. The molecule has 1 aliphatic rings. The zero-order valence-corrected chi connectivity index (χ0v) is 10.2. The molecule has 3 nitrogen and oxygen atoms in total. The molecule has 0 spiro atoms. The van der Waals surface area contributed by atoms with E-state index in [-0.39, 0.29) is 17.8 Å². The van der Waals surface area contributed by atoms with Gasteiger partial charge in [-0.1, -0.05) is 30.3 Å². The predicted octanol–water partition coefficient (Wildman–Crippen LogP) is 2.80. The summed E-state index contributed by atoms with van der Waals surface area (Å²) in [5, 5.41) is 5.87. The molecule has 2 aromatic carbocycles. The summed E-state index contributed by atoms with van der Waals surface area (Å²) in [7, 11) is 0. The minimum atomic E-state index is -0.359. The molecule has 1 heterocycles. The number of hydrogen-bond acceptors (Lipinski definition) is 2. The Morgan fingerprint density at radius 1 is 1.05 bits per heavy atom. The lowest BCUT2D eigenvalue weighted by Crippen LogP contribution is -2.40. The van der Waals surface area contributed by atoms with Crippen LogP contribution in [0, 0.1) is 5.82 Å². The van der Waals surface area contributed by atoms with Crippen molar-refractivity contribution >= 4 is 17.3 Å². The zero-order valence-electron chi connectivity index (χ0n) is 10.2. The number of carbonyl (C=O) groups is 1. The minimum absolute atomic E-state index is 0.137. The maximum atomic E-state index is 13.1. The average molecular weight is 256 g/mol. The lowest BCUT2D eigenvalue weighted by molar-refractivity contribution is -0.117. The standard InChI is InChI=1S/C15H13FN2O/c16-11-6-7-12-13(9-11)18-15(19)14(17-12)8-10-4-2-1-3-5-10/h1-7,9,14,17H,8H2,(H,18,19). The molecule has 19 heavy (non-hydrogen) atoms. The Bertz CT molecular complexity index is 613. The van der Waals surface area contributed by atoms with E-state index in [0.29, 0.717) is 12.1 Å². The van der Waals surface area contributed by atoms with Crippen LogP contribution in [0.2, 0.25) is 0 Å². The number of hydrogen-bond donors (Lipinski definition) is 2. The van der Waals surface area contributed by atoms with E-state index in [9.17, 15) is 9.18 Å². The van der Waals surface area contributed by atoms with E-state index in [1.54, 1.807) is 6.07 Å². The molecule has 2 aromatic rings. The fourth-order valence-electron chi connectivity index (χ4n) is 2.21. The third-order valence-electron chi connectivity index (χ3n) is 3.17. The van der Waals surface area contributed by atoms with Crippen molar-refractivity contribution in [1.82, 2.24) is 0 Å². The van der Waals surface area contributed by atoms with E-state index in [2.05, 4.69) is 10.6 Å². The van der Waals surface area contributed by atoms with Crippen LogP contribution >= 0.6 is 0 Å². The molecule has 0 aliphatic carbocycles. The van der Waals surface area contributed by atoms with Crippen molar-refractivity contribution in [2.45, 2.75) is 12.5 Å². The van der Waals surface area contributed by atoms with Crippen LogP contribution in [-0.4, -0.2) is 11.9 Å². The summed E-state index contributed by atoms with van der Waals surface area (Å²) in [4.78, 5) is 12.0. The Hall–Kier alpha value is -2.36. The summed E-state index contributed by atoms with van der Waals surface area (Å²) < 4.78 is 13.1. The van der Waals surface area contributed by atoms with Crippen molar-refractivity contribution in [1.29, 1.82) is 0 Å². The highest BCUT2D eigenvalue weighted by atomic mass is 19.1. The molecule has 0 radical (unpaired) electrons. The number of halogens is 1. The minimum Gasteiger partial charge on any atom is -0.372 e. The Balaban J connectivity index is 1.82. The fraction of sp³-hybridized carbons (Fsp3) is 0.133. The van der Waals surface area contributed by atoms with Gasteiger partial charge in [-0.2, -0.15) is 0 Å². The molecule has 1 amide bonds. The Morgan fingerprint density at radius 2 is 1.84 bits per heavy atom. The van der Waals surface area contributed by atoms with Gasteiger partial charge in [0.05, 0.1) is 11.4 Å². The van der Waals surface area contributed by atoms with Gasteiger partial charge >= 0.3 is 0 Å². The molecule has 0 saturated heterocycles. The summed E-state index contributed by atoms with van der Waals surface area (Å²) in [5.74, 6) is -0.496.